The molecule has 0 spiro atoms. The predicted molar refractivity (Wildman–Crippen MR) is 87.8 cm³/mol. The molecule has 5 heteroatoms. The quantitative estimate of drug-likeness (QED) is 0.442. The number of hydrogen-bond donors (Lipinski definition) is 0. The van der Waals surface area contributed by atoms with Gasteiger partial charge in [0.2, 0.25) is 0 Å². The van der Waals surface area contributed by atoms with Crippen molar-refractivity contribution in [2.24, 2.45) is 0 Å². The Balaban J connectivity index is 1.98. The van der Waals surface area contributed by atoms with Gasteiger partial charge in [0.25, 0.3) is 0 Å². The molecule has 0 aromatic rings. The van der Waals surface area contributed by atoms with Gasteiger partial charge in [-0.15, -0.1) is 0 Å². The Kier molecular flexibility index (Phi) is 5.77. The second-order valence-corrected chi connectivity index (χ2v) is 5.97. The Hall–Kier alpha value is -1.88. The summed E-state index contributed by atoms with van der Waals surface area (Å²) in [6.45, 7) is 9.07. The number of nitrogens with zero attached hydrogens (tertiary/aromatic N) is 1. The molecular formula is C18H25NO4. The zero-order valence-electron chi connectivity index (χ0n) is 14.3. The average Bonchev–Trinajstić information content (AvgIpc) is 3.14. The molecule has 2 rings (SSSR count). The van der Waals surface area contributed by atoms with Crippen LogP contribution >= 0.6 is 0 Å². The number of esters is 2. The molecule has 0 aliphatic carbocycles. The van der Waals surface area contributed by atoms with E-state index < -0.39 is 0 Å². The van der Waals surface area contributed by atoms with Gasteiger partial charge in [-0.2, -0.15) is 0 Å². The van der Waals surface area contributed by atoms with Crippen molar-refractivity contribution in [3.8, 4) is 0 Å². The normalized spacial score (nSPS) is 25.1. The Bertz CT molecular complexity index is 574. The van der Waals surface area contributed by atoms with Crippen molar-refractivity contribution in [2.75, 3.05) is 19.7 Å². The maximum Gasteiger partial charge on any atom is 0.333 e. The summed E-state index contributed by atoms with van der Waals surface area (Å²) < 4.78 is 11.0. The number of ether oxygens (including phenoxy) is 2. The smallest absolute Gasteiger partial charge is 0.333 e. The Morgan fingerprint density at radius 3 is 2.52 bits per heavy atom. The first-order valence-corrected chi connectivity index (χ1v) is 8.04. The largest absolute Gasteiger partial charge is 0.458 e. The first kappa shape index (κ1) is 17.5. The number of hydrogen-bond acceptors (Lipinski definition) is 5. The number of carbonyl (C=O) groups is 2. The van der Waals surface area contributed by atoms with Crippen LogP contribution in [-0.4, -0.2) is 48.7 Å². The second-order valence-electron chi connectivity index (χ2n) is 5.97. The molecule has 23 heavy (non-hydrogen) atoms. The van der Waals surface area contributed by atoms with Gasteiger partial charge in [0.15, 0.2) is 0 Å². The number of allylic oxidation sites excluding steroid dienone is 2. The van der Waals surface area contributed by atoms with E-state index in [1.165, 1.54) is 0 Å². The molecule has 2 atom stereocenters. The van der Waals surface area contributed by atoms with Crippen molar-refractivity contribution in [1.29, 1.82) is 0 Å². The highest BCUT2D eigenvalue weighted by Crippen LogP contribution is 2.31. The monoisotopic (exact) mass is 319 g/mol. The van der Waals surface area contributed by atoms with E-state index >= 15 is 0 Å². The molecule has 126 valence electrons. The van der Waals surface area contributed by atoms with Gasteiger partial charge in [0, 0.05) is 24.2 Å². The molecule has 2 heterocycles. The first-order chi connectivity index (χ1) is 11.0. The second kappa shape index (κ2) is 7.59. The third kappa shape index (κ3) is 3.91. The lowest BCUT2D eigenvalue weighted by Crippen LogP contribution is -2.36. The van der Waals surface area contributed by atoms with E-state index in [-0.39, 0.29) is 30.7 Å². The molecule has 2 unspecified atom stereocenters. The van der Waals surface area contributed by atoms with Crippen molar-refractivity contribution < 1.29 is 19.1 Å². The van der Waals surface area contributed by atoms with Gasteiger partial charge in [0.1, 0.15) is 12.7 Å². The van der Waals surface area contributed by atoms with E-state index in [0.29, 0.717) is 11.1 Å². The molecule has 0 bridgehead atoms. The third-order valence-electron chi connectivity index (χ3n) is 4.55. The van der Waals surface area contributed by atoms with Gasteiger partial charge < -0.3 is 9.47 Å². The SMILES string of the molecule is CC=C(C)C(=O)OCC1=CCN2CCC(OC(=O)C(C)=CC)C12. The number of rotatable bonds is 5. The van der Waals surface area contributed by atoms with Crippen molar-refractivity contribution >= 4 is 11.9 Å². The zero-order valence-corrected chi connectivity index (χ0v) is 14.3. The van der Waals surface area contributed by atoms with Gasteiger partial charge in [-0.1, -0.05) is 18.2 Å². The highest BCUT2D eigenvalue weighted by molar-refractivity contribution is 5.88. The van der Waals surface area contributed by atoms with Gasteiger partial charge in [-0.25, -0.2) is 9.59 Å². The number of carbonyl (C=O) groups excluding carboxylic acids is 2. The van der Waals surface area contributed by atoms with E-state index in [9.17, 15) is 9.59 Å². The van der Waals surface area contributed by atoms with Gasteiger partial charge in [-0.05, 0) is 39.7 Å². The zero-order chi connectivity index (χ0) is 17.0. The fourth-order valence-electron chi connectivity index (χ4n) is 2.86. The molecule has 0 saturated carbocycles. The predicted octanol–water partition coefficient (Wildman–Crippen LogP) is 2.39. The minimum absolute atomic E-state index is 0.0299. The fourth-order valence-corrected chi connectivity index (χ4v) is 2.86. The first-order valence-electron chi connectivity index (χ1n) is 8.04. The molecule has 0 aromatic carbocycles. The molecule has 1 saturated heterocycles. The lowest BCUT2D eigenvalue weighted by atomic mass is 10.0. The highest BCUT2D eigenvalue weighted by Gasteiger charge is 2.41. The summed E-state index contributed by atoms with van der Waals surface area (Å²) >= 11 is 0. The molecule has 0 amide bonds. The fraction of sp³-hybridized carbons (Fsp3) is 0.556. The summed E-state index contributed by atoms with van der Waals surface area (Å²) in [7, 11) is 0. The summed E-state index contributed by atoms with van der Waals surface area (Å²) in [5.41, 5.74) is 2.23. The van der Waals surface area contributed by atoms with Crippen LogP contribution in [0, 0.1) is 0 Å². The molecule has 2 aliphatic heterocycles. The van der Waals surface area contributed by atoms with E-state index in [1.807, 2.05) is 13.8 Å². The molecule has 0 radical (unpaired) electrons. The molecular weight excluding hydrogens is 294 g/mol. The highest BCUT2D eigenvalue weighted by atomic mass is 16.5. The third-order valence-corrected chi connectivity index (χ3v) is 4.55. The Morgan fingerprint density at radius 2 is 1.87 bits per heavy atom. The summed E-state index contributed by atoms with van der Waals surface area (Å²) in [5, 5.41) is 0. The Labute approximate surface area is 137 Å². The summed E-state index contributed by atoms with van der Waals surface area (Å²) in [4.78, 5) is 26.0. The van der Waals surface area contributed by atoms with Crippen LogP contribution in [-0.2, 0) is 19.1 Å². The minimum atomic E-state index is -0.303. The average molecular weight is 319 g/mol. The van der Waals surface area contributed by atoms with Crippen molar-refractivity contribution in [2.45, 2.75) is 46.3 Å². The van der Waals surface area contributed by atoms with Gasteiger partial charge >= 0.3 is 11.9 Å². The van der Waals surface area contributed by atoms with Crippen LogP contribution in [0.3, 0.4) is 0 Å². The molecule has 0 aromatic heterocycles. The van der Waals surface area contributed by atoms with Crippen LogP contribution in [0.15, 0.2) is 34.9 Å². The standard InChI is InChI=1S/C18H25NO4/c1-5-12(3)17(20)22-11-14-7-9-19-10-8-15(16(14)19)23-18(21)13(4)6-2/h5-7,15-16H,8-11H2,1-4H3. The molecule has 2 aliphatic rings. The van der Waals surface area contributed by atoms with E-state index in [1.54, 1.807) is 26.0 Å². The van der Waals surface area contributed by atoms with E-state index in [2.05, 4.69) is 11.0 Å². The topological polar surface area (TPSA) is 55.8 Å². The van der Waals surface area contributed by atoms with Crippen LogP contribution in [0.1, 0.15) is 34.1 Å². The van der Waals surface area contributed by atoms with Gasteiger partial charge in [0.05, 0.1) is 6.04 Å². The van der Waals surface area contributed by atoms with Crippen LogP contribution in [0.4, 0.5) is 0 Å². The maximum atomic E-state index is 12.0. The van der Waals surface area contributed by atoms with E-state index in [0.717, 1.165) is 25.1 Å². The van der Waals surface area contributed by atoms with Crippen molar-refractivity contribution in [3.05, 3.63) is 34.9 Å². The lowest BCUT2D eigenvalue weighted by molar-refractivity contribution is -0.145. The maximum absolute atomic E-state index is 12.0. The summed E-state index contributed by atoms with van der Waals surface area (Å²) in [6, 6.07) is 0.0299. The van der Waals surface area contributed by atoms with Crippen LogP contribution < -0.4 is 0 Å². The van der Waals surface area contributed by atoms with Crippen LogP contribution in [0.5, 0.6) is 0 Å². The Morgan fingerprint density at radius 1 is 1.22 bits per heavy atom. The van der Waals surface area contributed by atoms with Crippen molar-refractivity contribution in [1.82, 2.24) is 4.90 Å². The molecule has 0 N–H and O–H groups in total. The summed E-state index contributed by atoms with van der Waals surface area (Å²) in [6.07, 6.45) is 6.20. The molecule has 5 nitrogen and oxygen atoms in total. The van der Waals surface area contributed by atoms with E-state index in [4.69, 9.17) is 9.47 Å². The van der Waals surface area contributed by atoms with Gasteiger partial charge in [-0.3, -0.25) is 4.90 Å². The summed E-state index contributed by atoms with van der Waals surface area (Å²) in [5.74, 6) is -0.574. The van der Waals surface area contributed by atoms with Crippen molar-refractivity contribution in [3.63, 3.8) is 0 Å². The van der Waals surface area contributed by atoms with Crippen LogP contribution in [0.25, 0.3) is 0 Å². The minimum Gasteiger partial charge on any atom is -0.458 e. The molecule has 1 fully saturated rings. The number of fused-ring (bicyclic) bond motifs is 1. The van der Waals surface area contributed by atoms with Crippen LogP contribution in [0.2, 0.25) is 0 Å². The lowest BCUT2D eigenvalue weighted by Gasteiger charge is -2.24.